The van der Waals surface area contributed by atoms with Crippen LogP contribution in [0.5, 0.6) is 5.75 Å². The van der Waals surface area contributed by atoms with Gasteiger partial charge >= 0.3 is 0 Å². The fourth-order valence-corrected chi connectivity index (χ4v) is 3.61. The maximum absolute atomic E-state index is 12.3. The highest BCUT2D eigenvalue weighted by Gasteiger charge is 2.18. The first-order chi connectivity index (χ1) is 13.2. The average molecular weight is 379 g/mol. The molecule has 136 valence electrons. The van der Waals surface area contributed by atoms with Crippen LogP contribution in [0.15, 0.2) is 64.2 Å². The van der Waals surface area contributed by atoms with Crippen LogP contribution < -0.4 is 4.74 Å². The summed E-state index contributed by atoms with van der Waals surface area (Å²) in [6.45, 7) is 0. The van der Waals surface area contributed by atoms with Gasteiger partial charge in [-0.3, -0.25) is 4.79 Å². The third-order valence-electron chi connectivity index (χ3n) is 4.21. The van der Waals surface area contributed by atoms with E-state index < -0.39 is 0 Å². The van der Waals surface area contributed by atoms with Crippen molar-refractivity contribution in [1.29, 1.82) is 0 Å². The molecular weight excluding hydrogens is 362 g/mol. The molecule has 0 N–H and O–H groups in total. The van der Waals surface area contributed by atoms with Crippen molar-refractivity contribution in [3.63, 3.8) is 0 Å². The highest BCUT2D eigenvalue weighted by Crippen LogP contribution is 2.33. The van der Waals surface area contributed by atoms with Gasteiger partial charge in [0.05, 0.1) is 12.9 Å². The van der Waals surface area contributed by atoms with Crippen LogP contribution in [-0.2, 0) is 7.05 Å². The number of aromatic nitrogens is 3. The first-order valence-electron chi connectivity index (χ1n) is 8.34. The van der Waals surface area contributed by atoms with Crippen LogP contribution in [0.25, 0.3) is 22.6 Å². The first kappa shape index (κ1) is 17.4. The number of thioether (sulfide) groups is 1. The Morgan fingerprint density at radius 1 is 1.15 bits per heavy atom. The lowest BCUT2D eigenvalue weighted by atomic mass is 10.2. The summed E-state index contributed by atoms with van der Waals surface area (Å²) in [5.41, 5.74) is 1.36. The number of ether oxygens (including phenoxy) is 1. The molecule has 27 heavy (non-hydrogen) atoms. The summed E-state index contributed by atoms with van der Waals surface area (Å²) >= 11 is 1.35. The summed E-state index contributed by atoms with van der Waals surface area (Å²) in [5, 5.41) is 10.0. The van der Waals surface area contributed by atoms with Gasteiger partial charge in [0.2, 0.25) is 0 Å². The lowest BCUT2D eigenvalue weighted by molar-refractivity contribution is 0.102. The highest BCUT2D eigenvalue weighted by molar-refractivity contribution is 7.99. The predicted molar refractivity (Wildman–Crippen MR) is 104 cm³/mol. The summed E-state index contributed by atoms with van der Waals surface area (Å²) in [5.74, 6) is 2.22. The molecule has 4 aromatic rings. The molecule has 0 aliphatic heterocycles. The Kier molecular flexibility index (Phi) is 4.68. The molecule has 7 heteroatoms. The van der Waals surface area contributed by atoms with Crippen molar-refractivity contribution in [1.82, 2.24) is 14.8 Å². The standard InChI is InChI=1S/C20H17N3O3S/c1-23-19(17-11-14-9-6-10-16(25-2)18(14)26-17)21-22-20(23)27-12-15(24)13-7-4-3-5-8-13/h3-11H,12H2,1-2H3. The van der Waals surface area contributed by atoms with Gasteiger partial charge in [-0.25, -0.2) is 0 Å². The van der Waals surface area contributed by atoms with Gasteiger partial charge in [-0.2, -0.15) is 0 Å². The number of fused-ring (bicyclic) bond motifs is 1. The maximum atomic E-state index is 12.3. The van der Waals surface area contributed by atoms with E-state index in [4.69, 9.17) is 9.15 Å². The molecule has 2 aromatic carbocycles. The van der Waals surface area contributed by atoms with E-state index >= 15 is 0 Å². The van der Waals surface area contributed by atoms with Gasteiger partial charge in [-0.1, -0.05) is 54.2 Å². The van der Waals surface area contributed by atoms with Crippen LogP contribution in [0.2, 0.25) is 0 Å². The molecule has 0 aliphatic carbocycles. The fraction of sp³-hybridized carbons (Fsp3) is 0.150. The van der Waals surface area contributed by atoms with E-state index in [2.05, 4.69) is 10.2 Å². The second kappa shape index (κ2) is 7.28. The third-order valence-corrected chi connectivity index (χ3v) is 5.23. The summed E-state index contributed by atoms with van der Waals surface area (Å²) in [6, 6.07) is 16.8. The van der Waals surface area contributed by atoms with E-state index in [1.807, 2.05) is 66.2 Å². The fourth-order valence-electron chi connectivity index (χ4n) is 2.80. The monoisotopic (exact) mass is 379 g/mol. The molecule has 0 saturated carbocycles. The number of nitrogens with zero attached hydrogens (tertiary/aromatic N) is 3. The number of rotatable bonds is 6. The van der Waals surface area contributed by atoms with Crippen LogP contribution in [0, 0.1) is 0 Å². The van der Waals surface area contributed by atoms with Crippen LogP contribution in [0.3, 0.4) is 0 Å². The van der Waals surface area contributed by atoms with E-state index in [-0.39, 0.29) is 5.78 Å². The molecule has 6 nitrogen and oxygen atoms in total. The molecule has 0 fully saturated rings. The zero-order chi connectivity index (χ0) is 18.8. The summed E-state index contributed by atoms with van der Waals surface area (Å²) in [7, 11) is 3.47. The lowest BCUT2D eigenvalue weighted by Gasteiger charge is -2.02. The minimum atomic E-state index is 0.0543. The molecule has 0 amide bonds. The minimum Gasteiger partial charge on any atom is -0.493 e. The third kappa shape index (κ3) is 3.33. The van der Waals surface area contributed by atoms with Crippen molar-refractivity contribution < 1.29 is 13.9 Å². The van der Waals surface area contributed by atoms with Gasteiger partial charge in [0.25, 0.3) is 0 Å². The second-order valence-corrected chi connectivity index (χ2v) is 6.87. The van der Waals surface area contributed by atoms with Gasteiger partial charge in [0.15, 0.2) is 33.9 Å². The van der Waals surface area contributed by atoms with E-state index in [0.717, 1.165) is 5.39 Å². The molecule has 0 atom stereocenters. The first-order valence-corrected chi connectivity index (χ1v) is 9.33. The predicted octanol–water partition coefficient (Wildman–Crippen LogP) is 4.21. The number of carbonyl (C=O) groups excluding carboxylic acids is 1. The zero-order valence-corrected chi connectivity index (χ0v) is 15.7. The number of methoxy groups -OCH3 is 1. The number of hydrogen-bond acceptors (Lipinski definition) is 6. The number of ketones is 1. The average Bonchev–Trinajstić information content (AvgIpc) is 3.29. The van der Waals surface area contributed by atoms with Crippen molar-refractivity contribution in [2.45, 2.75) is 5.16 Å². The Balaban J connectivity index is 1.56. The van der Waals surface area contributed by atoms with E-state index in [1.165, 1.54) is 11.8 Å². The number of benzene rings is 2. The lowest BCUT2D eigenvalue weighted by Crippen LogP contribution is -2.03. The van der Waals surface area contributed by atoms with Gasteiger partial charge in [0.1, 0.15) is 0 Å². The quantitative estimate of drug-likeness (QED) is 0.369. The van der Waals surface area contributed by atoms with Crippen LogP contribution in [0.4, 0.5) is 0 Å². The molecule has 2 heterocycles. The molecule has 0 radical (unpaired) electrons. The Bertz CT molecular complexity index is 1100. The summed E-state index contributed by atoms with van der Waals surface area (Å²) < 4.78 is 13.1. The van der Waals surface area contributed by atoms with Crippen molar-refractivity contribution in [3.8, 4) is 17.3 Å². The topological polar surface area (TPSA) is 70.2 Å². The van der Waals surface area contributed by atoms with Crippen molar-refractivity contribution >= 4 is 28.5 Å². The van der Waals surface area contributed by atoms with Gasteiger partial charge in [-0.15, -0.1) is 10.2 Å². The van der Waals surface area contributed by atoms with E-state index in [9.17, 15) is 4.79 Å². The largest absolute Gasteiger partial charge is 0.493 e. The number of carbonyl (C=O) groups is 1. The summed E-state index contributed by atoms with van der Waals surface area (Å²) in [6.07, 6.45) is 0. The number of hydrogen-bond donors (Lipinski definition) is 0. The van der Waals surface area contributed by atoms with Gasteiger partial charge in [-0.05, 0) is 12.1 Å². The maximum Gasteiger partial charge on any atom is 0.200 e. The molecule has 0 bridgehead atoms. The molecule has 0 unspecified atom stereocenters. The zero-order valence-electron chi connectivity index (χ0n) is 14.9. The highest BCUT2D eigenvalue weighted by atomic mass is 32.2. The van der Waals surface area contributed by atoms with Crippen molar-refractivity contribution in [2.75, 3.05) is 12.9 Å². The van der Waals surface area contributed by atoms with Crippen LogP contribution in [-0.4, -0.2) is 33.4 Å². The van der Waals surface area contributed by atoms with Crippen LogP contribution in [0.1, 0.15) is 10.4 Å². The van der Waals surface area contributed by atoms with E-state index in [0.29, 0.717) is 39.4 Å². The molecule has 0 aliphatic rings. The molecule has 0 saturated heterocycles. The van der Waals surface area contributed by atoms with E-state index in [1.54, 1.807) is 7.11 Å². The number of para-hydroxylation sites is 1. The molecule has 4 rings (SSSR count). The SMILES string of the molecule is COc1cccc2cc(-c3nnc(SCC(=O)c4ccccc4)n3C)oc12. The number of Topliss-reactive ketones (excluding diaryl/α,β-unsaturated/α-hetero) is 1. The molecular formula is C20H17N3O3S. The normalized spacial score (nSPS) is 11.0. The minimum absolute atomic E-state index is 0.0543. The molecule has 2 aromatic heterocycles. The number of furan rings is 1. The van der Waals surface area contributed by atoms with Gasteiger partial charge in [0, 0.05) is 18.0 Å². The Morgan fingerprint density at radius 2 is 1.96 bits per heavy atom. The van der Waals surface area contributed by atoms with Crippen molar-refractivity contribution in [2.24, 2.45) is 7.05 Å². The molecule has 0 spiro atoms. The second-order valence-electron chi connectivity index (χ2n) is 5.93. The van der Waals surface area contributed by atoms with Crippen LogP contribution >= 0.6 is 11.8 Å². The smallest absolute Gasteiger partial charge is 0.200 e. The Labute approximate surface area is 160 Å². The Morgan fingerprint density at radius 3 is 2.74 bits per heavy atom. The summed E-state index contributed by atoms with van der Waals surface area (Å²) in [4.78, 5) is 12.3. The van der Waals surface area contributed by atoms with Gasteiger partial charge < -0.3 is 13.7 Å². The van der Waals surface area contributed by atoms with Crippen molar-refractivity contribution in [3.05, 3.63) is 60.2 Å². The Hall–Kier alpha value is -3.06.